The van der Waals surface area contributed by atoms with Crippen LogP contribution in [0.1, 0.15) is 20.3 Å². The minimum Gasteiger partial charge on any atom is -0.320 e. The zero-order valence-electron chi connectivity index (χ0n) is 10.7. The van der Waals surface area contributed by atoms with Gasteiger partial charge in [0.05, 0.1) is 17.0 Å². The number of hydrogen-bond donors (Lipinski definition) is 2. The van der Waals surface area contributed by atoms with E-state index in [2.05, 4.69) is 5.32 Å². The molecule has 1 aromatic carbocycles. The number of rotatable bonds is 5. The Hall–Kier alpha value is -2.02. The Morgan fingerprint density at radius 1 is 1.53 bits per heavy atom. The topological polar surface area (TPSA) is 98.3 Å². The van der Waals surface area contributed by atoms with Crippen molar-refractivity contribution in [2.24, 2.45) is 11.7 Å². The number of benzene rings is 1. The van der Waals surface area contributed by atoms with Gasteiger partial charge in [-0.05, 0) is 24.5 Å². The molecule has 0 aromatic heterocycles. The van der Waals surface area contributed by atoms with Crippen LogP contribution in [0.25, 0.3) is 0 Å². The summed E-state index contributed by atoms with van der Waals surface area (Å²) in [7, 11) is 0. The van der Waals surface area contributed by atoms with E-state index in [1.165, 1.54) is 0 Å². The van der Waals surface area contributed by atoms with Gasteiger partial charge in [0.25, 0.3) is 5.69 Å². The van der Waals surface area contributed by atoms with E-state index in [-0.39, 0.29) is 11.6 Å². The Labute approximate surface area is 109 Å². The largest absolute Gasteiger partial charge is 0.320 e. The van der Waals surface area contributed by atoms with E-state index in [0.29, 0.717) is 6.42 Å². The fraction of sp³-hybridized carbons (Fsp3) is 0.417. The number of halogens is 1. The van der Waals surface area contributed by atoms with Crippen LogP contribution in [0.15, 0.2) is 18.2 Å². The van der Waals surface area contributed by atoms with E-state index in [1.54, 1.807) is 0 Å². The number of nitrogens with one attached hydrogen (secondary N) is 1. The lowest BCUT2D eigenvalue weighted by Crippen LogP contribution is -2.36. The third-order valence-corrected chi connectivity index (χ3v) is 2.48. The number of nitro benzene ring substituents is 1. The summed E-state index contributed by atoms with van der Waals surface area (Å²) in [6, 6.07) is 2.18. The van der Waals surface area contributed by atoms with Crippen molar-refractivity contribution in [3.05, 3.63) is 34.1 Å². The average molecular weight is 269 g/mol. The molecule has 0 saturated heterocycles. The van der Waals surface area contributed by atoms with Crippen molar-refractivity contribution in [2.75, 3.05) is 5.32 Å². The monoisotopic (exact) mass is 269 g/mol. The number of nitrogens with zero attached hydrogens (tertiary/aromatic N) is 1. The van der Waals surface area contributed by atoms with E-state index in [9.17, 15) is 19.3 Å². The van der Waals surface area contributed by atoms with E-state index >= 15 is 0 Å². The van der Waals surface area contributed by atoms with Crippen molar-refractivity contribution in [3.63, 3.8) is 0 Å². The Bertz CT molecular complexity index is 491. The molecule has 1 atom stereocenters. The number of carbonyl (C=O) groups is 1. The van der Waals surface area contributed by atoms with Crippen LogP contribution in [0.5, 0.6) is 0 Å². The van der Waals surface area contributed by atoms with Crippen LogP contribution < -0.4 is 11.1 Å². The molecule has 6 nitrogen and oxygen atoms in total. The van der Waals surface area contributed by atoms with E-state index in [4.69, 9.17) is 5.73 Å². The first-order valence-corrected chi connectivity index (χ1v) is 5.81. The molecule has 0 saturated carbocycles. The minimum absolute atomic E-state index is 0.0596. The molecule has 0 fully saturated rings. The first-order chi connectivity index (χ1) is 8.81. The number of amides is 1. The predicted molar refractivity (Wildman–Crippen MR) is 69.1 cm³/mol. The first kappa shape index (κ1) is 15.0. The maximum Gasteiger partial charge on any atom is 0.295 e. The van der Waals surface area contributed by atoms with Gasteiger partial charge in [0.1, 0.15) is 11.5 Å². The lowest BCUT2D eigenvalue weighted by atomic mass is 10.0. The highest BCUT2D eigenvalue weighted by Gasteiger charge is 2.20. The summed E-state index contributed by atoms with van der Waals surface area (Å²) in [5.41, 5.74) is 5.11. The summed E-state index contributed by atoms with van der Waals surface area (Å²) in [6.07, 6.45) is 0.459. The molecule has 0 spiro atoms. The second-order valence-electron chi connectivity index (χ2n) is 4.64. The van der Waals surface area contributed by atoms with Gasteiger partial charge in [-0.1, -0.05) is 13.8 Å². The Balaban J connectivity index is 2.87. The third kappa shape index (κ3) is 4.29. The van der Waals surface area contributed by atoms with Gasteiger partial charge >= 0.3 is 0 Å². The quantitative estimate of drug-likeness (QED) is 0.631. The van der Waals surface area contributed by atoms with Crippen LogP contribution in [0.3, 0.4) is 0 Å². The number of anilines is 1. The highest BCUT2D eigenvalue weighted by molar-refractivity contribution is 5.96. The molecule has 0 aliphatic heterocycles. The van der Waals surface area contributed by atoms with Gasteiger partial charge in [0, 0.05) is 0 Å². The average Bonchev–Trinajstić information content (AvgIpc) is 2.30. The molecule has 0 unspecified atom stereocenters. The Morgan fingerprint density at radius 2 is 2.16 bits per heavy atom. The number of nitrogens with two attached hydrogens (primary N) is 1. The van der Waals surface area contributed by atoms with Crippen LogP contribution in [0.4, 0.5) is 15.8 Å². The molecular weight excluding hydrogens is 253 g/mol. The molecule has 19 heavy (non-hydrogen) atoms. The molecule has 0 bridgehead atoms. The summed E-state index contributed by atoms with van der Waals surface area (Å²) in [6.45, 7) is 3.82. The second kappa shape index (κ2) is 6.24. The summed E-state index contributed by atoms with van der Waals surface area (Å²) >= 11 is 0. The van der Waals surface area contributed by atoms with Crippen molar-refractivity contribution in [3.8, 4) is 0 Å². The zero-order chi connectivity index (χ0) is 14.6. The van der Waals surface area contributed by atoms with Crippen LogP contribution in [0.2, 0.25) is 0 Å². The fourth-order valence-corrected chi connectivity index (χ4v) is 1.60. The zero-order valence-corrected chi connectivity index (χ0v) is 10.7. The smallest absolute Gasteiger partial charge is 0.295 e. The van der Waals surface area contributed by atoms with Crippen molar-refractivity contribution < 1.29 is 14.1 Å². The highest BCUT2D eigenvalue weighted by Crippen LogP contribution is 2.25. The van der Waals surface area contributed by atoms with Gasteiger partial charge in [-0.3, -0.25) is 14.9 Å². The van der Waals surface area contributed by atoms with E-state index in [0.717, 1.165) is 18.2 Å². The molecule has 7 heteroatoms. The van der Waals surface area contributed by atoms with Crippen molar-refractivity contribution in [1.29, 1.82) is 0 Å². The molecule has 1 aromatic rings. The standard InChI is InChI=1S/C12H16FN3O3/c1-7(2)5-9(14)12(17)15-10-4-3-8(13)6-11(10)16(18)19/h3-4,6-7,9H,5,14H2,1-2H3,(H,15,17)/t9-/m0/s1. The number of carbonyl (C=O) groups excluding carboxylic acids is 1. The van der Waals surface area contributed by atoms with Gasteiger partial charge in [-0.25, -0.2) is 4.39 Å². The maximum absolute atomic E-state index is 12.9. The highest BCUT2D eigenvalue weighted by atomic mass is 19.1. The Morgan fingerprint density at radius 3 is 2.68 bits per heavy atom. The lowest BCUT2D eigenvalue weighted by molar-refractivity contribution is -0.384. The molecule has 104 valence electrons. The van der Waals surface area contributed by atoms with Crippen molar-refractivity contribution >= 4 is 17.3 Å². The SMILES string of the molecule is CC(C)C[C@H](N)C(=O)Nc1ccc(F)cc1[N+](=O)[O-]. The third-order valence-electron chi connectivity index (χ3n) is 2.48. The maximum atomic E-state index is 12.9. The lowest BCUT2D eigenvalue weighted by Gasteiger charge is -2.14. The summed E-state index contributed by atoms with van der Waals surface area (Å²) in [5.74, 6) is -1.04. The molecule has 0 radical (unpaired) electrons. The van der Waals surface area contributed by atoms with E-state index in [1.807, 2.05) is 13.8 Å². The number of hydrogen-bond acceptors (Lipinski definition) is 4. The van der Waals surface area contributed by atoms with E-state index < -0.39 is 28.4 Å². The molecule has 0 aliphatic rings. The van der Waals surface area contributed by atoms with Crippen LogP contribution in [-0.2, 0) is 4.79 Å². The van der Waals surface area contributed by atoms with Crippen molar-refractivity contribution in [2.45, 2.75) is 26.3 Å². The second-order valence-corrected chi connectivity index (χ2v) is 4.64. The first-order valence-electron chi connectivity index (χ1n) is 5.81. The number of nitro groups is 1. The van der Waals surface area contributed by atoms with Gasteiger partial charge in [0.2, 0.25) is 5.91 Å². The van der Waals surface area contributed by atoms with Gasteiger partial charge < -0.3 is 11.1 Å². The summed E-state index contributed by atoms with van der Waals surface area (Å²) in [5, 5.41) is 13.1. The summed E-state index contributed by atoms with van der Waals surface area (Å²) in [4.78, 5) is 21.8. The molecule has 3 N–H and O–H groups in total. The summed E-state index contributed by atoms with van der Waals surface area (Å²) < 4.78 is 12.9. The normalized spacial score (nSPS) is 12.3. The molecule has 0 heterocycles. The van der Waals surface area contributed by atoms with Crippen molar-refractivity contribution in [1.82, 2.24) is 0 Å². The molecule has 1 rings (SSSR count). The van der Waals surface area contributed by atoms with Crippen LogP contribution in [0, 0.1) is 21.8 Å². The van der Waals surface area contributed by atoms with Gasteiger partial charge in [0.15, 0.2) is 0 Å². The molecule has 0 aliphatic carbocycles. The molecule has 1 amide bonds. The van der Waals surface area contributed by atoms with Crippen LogP contribution in [-0.4, -0.2) is 16.9 Å². The molecular formula is C12H16FN3O3. The fourth-order valence-electron chi connectivity index (χ4n) is 1.60. The van der Waals surface area contributed by atoms with Crippen LogP contribution >= 0.6 is 0 Å². The Kier molecular flexibility index (Phi) is 4.94. The predicted octanol–water partition coefficient (Wildman–Crippen LogP) is 2.05. The van der Waals surface area contributed by atoms with Gasteiger partial charge in [-0.15, -0.1) is 0 Å². The minimum atomic E-state index is -0.760. The van der Waals surface area contributed by atoms with Gasteiger partial charge in [-0.2, -0.15) is 0 Å².